The highest BCUT2D eigenvalue weighted by Gasteiger charge is 2.40. The summed E-state index contributed by atoms with van der Waals surface area (Å²) in [6.07, 6.45) is 4.71. The van der Waals surface area contributed by atoms with Crippen LogP contribution in [0.3, 0.4) is 0 Å². The van der Waals surface area contributed by atoms with Gasteiger partial charge in [-0.2, -0.15) is 0 Å². The zero-order chi connectivity index (χ0) is 17.3. The molecule has 1 aromatic heterocycles. The number of aromatic nitrogens is 3. The first-order chi connectivity index (χ1) is 11.4. The van der Waals surface area contributed by atoms with E-state index in [1.807, 2.05) is 20.8 Å². The lowest BCUT2D eigenvalue weighted by molar-refractivity contribution is -0.135. The molecule has 0 spiro atoms. The maximum Gasteiger partial charge on any atom is 0.253 e. The van der Waals surface area contributed by atoms with Crippen molar-refractivity contribution in [2.24, 2.45) is 0 Å². The maximum absolute atomic E-state index is 12.8. The van der Waals surface area contributed by atoms with Gasteiger partial charge < -0.3 is 14.7 Å². The highest BCUT2D eigenvalue weighted by atomic mass is 16.5. The molecule has 0 radical (unpaired) electrons. The first kappa shape index (κ1) is 17.0. The van der Waals surface area contributed by atoms with Gasteiger partial charge in [-0.1, -0.05) is 5.21 Å². The van der Waals surface area contributed by atoms with Gasteiger partial charge in [0.1, 0.15) is 17.1 Å². The van der Waals surface area contributed by atoms with Crippen LogP contribution >= 0.6 is 0 Å². The van der Waals surface area contributed by atoms with Crippen molar-refractivity contribution in [2.45, 2.75) is 58.1 Å². The summed E-state index contributed by atoms with van der Waals surface area (Å²) in [6.45, 7) is 7.44. The molecule has 3 rings (SSSR count). The van der Waals surface area contributed by atoms with E-state index in [1.54, 1.807) is 15.8 Å². The van der Waals surface area contributed by atoms with Crippen LogP contribution in [0.25, 0.3) is 0 Å². The zero-order valence-electron chi connectivity index (χ0n) is 14.7. The SMILES string of the molecule is CC1=C(C(=O)N2CCCC(O)(c3cn(C(C)C)nn3)C2)CCCO1. The lowest BCUT2D eigenvalue weighted by Crippen LogP contribution is -2.49. The molecule has 3 heterocycles. The summed E-state index contributed by atoms with van der Waals surface area (Å²) in [5.74, 6) is 0.688. The molecular formula is C17H26N4O3. The Balaban J connectivity index is 1.79. The summed E-state index contributed by atoms with van der Waals surface area (Å²) in [5.41, 5.74) is 0.140. The van der Waals surface area contributed by atoms with Crippen molar-refractivity contribution in [3.63, 3.8) is 0 Å². The summed E-state index contributed by atoms with van der Waals surface area (Å²) in [4.78, 5) is 14.6. The van der Waals surface area contributed by atoms with Crippen LogP contribution in [-0.4, -0.2) is 50.6 Å². The number of hydrogen-bond donors (Lipinski definition) is 1. The molecule has 0 aromatic carbocycles. The molecular weight excluding hydrogens is 308 g/mol. The molecule has 1 amide bonds. The molecule has 0 bridgehead atoms. The maximum atomic E-state index is 12.8. The van der Waals surface area contributed by atoms with E-state index in [9.17, 15) is 9.90 Å². The number of rotatable bonds is 3. The van der Waals surface area contributed by atoms with Gasteiger partial charge >= 0.3 is 0 Å². The fourth-order valence-corrected chi connectivity index (χ4v) is 3.35. The third-order valence-electron chi connectivity index (χ3n) is 4.85. The Morgan fingerprint density at radius 1 is 1.42 bits per heavy atom. The van der Waals surface area contributed by atoms with E-state index < -0.39 is 5.60 Å². The summed E-state index contributed by atoms with van der Waals surface area (Å²) in [7, 11) is 0. The Morgan fingerprint density at radius 3 is 2.88 bits per heavy atom. The van der Waals surface area contributed by atoms with Crippen molar-refractivity contribution in [1.29, 1.82) is 0 Å². The quantitative estimate of drug-likeness (QED) is 0.911. The average molecular weight is 334 g/mol. The van der Waals surface area contributed by atoms with Gasteiger partial charge in [-0.25, -0.2) is 4.68 Å². The van der Waals surface area contributed by atoms with Crippen LogP contribution < -0.4 is 0 Å². The van der Waals surface area contributed by atoms with E-state index in [-0.39, 0.29) is 18.5 Å². The summed E-state index contributed by atoms with van der Waals surface area (Å²) >= 11 is 0. The lowest BCUT2D eigenvalue weighted by atomic mass is 9.89. The van der Waals surface area contributed by atoms with Crippen LogP contribution in [0.1, 0.15) is 58.2 Å². The van der Waals surface area contributed by atoms with Gasteiger partial charge in [0.2, 0.25) is 0 Å². The van der Waals surface area contributed by atoms with Crippen LogP contribution in [0.5, 0.6) is 0 Å². The predicted molar refractivity (Wildman–Crippen MR) is 88.0 cm³/mol. The van der Waals surface area contributed by atoms with Gasteiger partial charge in [-0.15, -0.1) is 5.10 Å². The van der Waals surface area contributed by atoms with Crippen molar-refractivity contribution in [3.8, 4) is 0 Å². The summed E-state index contributed by atoms with van der Waals surface area (Å²) < 4.78 is 7.24. The molecule has 24 heavy (non-hydrogen) atoms. The first-order valence-corrected chi connectivity index (χ1v) is 8.67. The molecule has 7 nitrogen and oxygen atoms in total. The van der Waals surface area contributed by atoms with E-state index in [1.165, 1.54) is 0 Å². The van der Waals surface area contributed by atoms with Gasteiger partial charge in [-0.05, 0) is 46.5 Å². The Bertz CT molecular complexity index is 652. The second-order valence-electron chi connectivity index (χ2n) is 7.03. The van der Waals surface area contributed by atoms with E-state index in [4.69, 9.17) is 4.74 Å². The molecule has 7 heteroatoms. The minimum absolute atomic E-state index is 0.0263. The lowest BCUT2D eigenvalue weighted by Gasteiger charge is -2.38. The van der Waals surface area contributed by atoms with E-state index >= 15 is 0 Å². The number of ether oxygens (including phenoxy) is 1. The third-order valence-corrected chi connectivity index (χ3v) is 4.85. The van der Waals surface area contributed by atoms with E-state index in [0.717, 1.165) is 24.8 Å². The van der Waals surface area contributed by atoms with Crippen molar-refractivity contribution in [2.75, 3.05) is 19.7 Å². The average Bonchev–Trinajstić information content (AvgIpc) is 3.06. The molecule has 2 aliphatic rings. The van der Waals surface area contributed by atoms with Crippen LogP contribution in [-0.2, 0) is 15.1 Å². The highest BCUT2D eigenvalue weighted by molar-refractivity contribution is 5.94. The first-order valence-electron chi connectivity index (χ1n) is 8.67. The van der Waals surface area contributed by atoms with Crippen molar-refractivity contribution in [1.82, 2.24) is 19.9 Å². The summed E-state index contributed by atoms with van der Waals surface area (Å²) in [5, 5.41) is 19.3. The van der Waals surface area contributed by atoms with E-state index in [2.05, 4.69) is 10.3 Å². The van der Waals surface area contributed by atoms with Crippen LogP contribution in [0, 0.1) is 0 Å². The molecule has 0 aliphatic carbocycles. The second kappa shape index (κ2) is 6.55. The number of aliphatic hydroxyl groups is 1. The largest absolute Gasteiger partial charge is 0.498 e. The normalized spacial score (nSPS) is 25.1. The number of hydrogen-bond acceptors (Lipinski definition) is 5. The van der Waals surface area contributed by atoms with Gasteiger partial charge in [0.05, 0.1) is 24.9 Å². The zero-order valence-corrected chi connectivity index (χ0v) is 14.7. The van der Waals surface area contributed by atoms with Gasteiger partial charge in [0, 0.05) is 12.6 Å². The monoisotopic (exact) mass is 334 g/mol. The predicted octanol–water partition coefficient (Wildman–Crippen LogP) is 1.75. The Morgan fingerprint density at radius 2 is 2.21 bits per heavy atom. The minimum Gasteiger partial charge on any atom is -0.498 e. The smallest absolute Gasteiger partial charge is 0.253 e. The molecule has 0 saturated carbocycles. The number of allylic oxidation sites excluding steroid dienone is 1. The van der Waals surface area contributed by atoms with Crippen molar-refractivity contribution >= 4 is 5.91 Å². The summed E-state index contributed by atoms with van der Waals surface area (Å²) in [6, 6.07) is 0.184. The van der Waals surface area contributed by atoms with Crippen LogP contribution in [0.4, 0.5) is 0 Å². The molecule has 1 unspecified atom stereocenters. The van der Waals surface area contributed by atoms with Crippen LogP contribution in [0.2, 0.25) is 0 Å². The van der Waals surface area contributed by atoms with Crippen molar-refractivity contribution < 1.29 is 14.6 Å². The third kappa shape index (κ3) is 3.17. The number of nitrogens with zero attached hydrogens (tertiary/aromatic N) is 4. The molecule has 1 atom stereocenters. The number of likely N-dealkylation sites (tertiary alicyclic amines) is 1. The molecule has 1 saturated heterocycles. The minimum atomic E-state index is -1.13. The molecule has 1 N–H and O–H groups in total. The standard InChI is InChI=1S/C17H26N4O3/c1-12(2)21-10-15(18-19-21)17(23)7-5-8-20(11-17)16(22)14-6-4-9-24-13(14)3/h10,12,23H,4-9,11H2,1-3H3. The van der Waals surface area contributed by atoms with E-state index in [0.29, 0.717) is 31.0 Å². The molecule has 1 aromatic rings. The number of β-amino-alcohol motifs (C(OH)–C–C–N with tert-alkyl or cyclic N) is 1. The second-order valence-corrected chi connectivity index (χ2v) is 7.03. The topological polar surface area (TPSA) is 80.5 Å². The molecule has 2 aliphatic heterocycles. The molecule has 132 valence electrons. The fourth-order valence-electron chi connectivity index (χ4n) is 3.35. The Labute approximate surface area is 142 Å². The number of carbonyl (C=O) groups is 1. The number of piperidine rings is 1. The van der Waals surface area contributed by atoms with Gasteiger partial charge in [-0.3, -0.25) is 4.79 Å². The Hall–Kier alpha value is -1.89. The van der Waals surface area contributed by atoms with Gasteiger partial charge in [0.25, 0.3) is 5.91 Å². The van der Waals surface area contributed by atoms with Gasteiger partial charge in [0.15, 0.2) is 0 Å². The Kier molecular flexibility index (Phi) is 4.62. The number of carbonyl (C=O) groups excluding carboxylic acids is 1. The number of amides is 1. The molecule has 1 fully saturated rings. The van der Waals surface area contributed by atoms with Crippen molar-refractivity contribution in [3.05, 3.63) is 23.2 Å². The fraction of sp³-hybridized carbons (Fsp3) is 0.706. The van der Waals surface area contributed by atoms with Crippen LogP contribution in [0.15, 0.2) is 17.5 Å². The highest BCUT2D eigenvalue weighted by Crippen LogP contribution is 2.32.